The van der Waals surface area contributed by atoms with Crippen LogP contribution in [0.5, 0.6) is 0 Å². The van der Waals surface area contributed by atoms with E-state index in [0.29, 0.717) is 12.5 Å². The highest BCUT2D eigenvalue weighted by atomic mass is 16.5. The quantitative estimate of drug-likeness (QED) is 0.665. The van der Waals surface area contributed by atoms with Crippen LogP contribution < -0.4 is 0 Å². The summed E-state index contributed by atoms with van der Waals surface area (Å²) in [5.41, 5.74) is 2.82. The molecule has 0 unspecified atom stereocenters. The molecule has 2 aliphatic rings. The van der Waals surface area contributed by atoms with Crippen molar-refractivity contribution in [1.29, 1.82) is 0 Å². The lowest BCUT2D eigenvalue weighted by molar-refractivity contribution is -0.159. The van der Waals surface area contributed by atoms with Crippen LogP contribution in [-0.2, 0) is 24.5 Å². The van der Waals surface area contributed by atoms with Gasteiger partial charge in [-0.2, -0.15) is 0 Å². The Labute approximate surface area is 195 Å². The van der Waals surface area contributed by atoms with Crippen molar-refractivity contribution in [2.45, 2.75) is 39.0 Å². The molecule has 1 amide bonds. The fourth-order valence-electron chi connectivity index (χ4n) is 3.73. The van der Waals surface area contributed by atoms with Gasteiger partial charge in [0.05, 0.1) is 19.8 Å². The Hall–Kier alpha value is -2.71. The third-order valence-electron chi connectivity index (χ3n) is 5.88. The Morgan fingerprint density at radius 3 is 2.00 bits per heavy atom. The molecule has 2 heterocycles. The molecule has 0 bridgehead atoms. The van der Waals surface area contributed by atoms with Gasteiger partial charge in [0.25, 0.3) is 0 Å². The van der Waals surface area contributed by atoms with Crippen molar-refractivity contribution in [2.24, 2.45) is 5.92 Å². The number of carboxylic acids is 2. The average Bonchev–Trinajstić information content (AvgIpc) is 2.79. The maximum absolute atomic E-state index is 12.5. The molecule has 8 nitrogen and oxygen atoms in total. The molecule has 182 valence electrons. The largest absolute Gasteiger partial charge is 0.473 e. The lowest BCUT2D eigenvalue weighted by Crippen LogP contribution is -2.46. The van der Waals surface area contributed by atoms with Crippen molar-refractivity contribution in [3.05, 3.63) is 41.5 Å². The van der Waals surface area contributed by atoms with Gasteiger partial charge in [0.15, 0.2) is 0 Å². The number of piperidine rings is 1. The van der Waals surface area contributed by atoms with Gasteiger partial charge in [-0.3, -0.25) is 9.69 Å². The number of amides is 1. The minimum atomic E-state index is -1.82. The Kier molecular flexibility index (Phi) is 10.1. The van der Waals surface area contributed by atoms with Gasteiger partial charge in [0.2, 0.25) is 5.91 Å². The molecule has 33 heavy (non-hydrogen) atoms. The van der Waals surface area contributed by atoms with Gasteiger partial charge in [-0.1, -0.05) is 57.2 Å². The van der Waals surface area contributed by atoms with E-state index in [4.69, 9.17) is 24.5 Å². The van der Waals surface area contributed by atoms with Crippen LogP contribution in [0.15, 0.2) is 30.3 Å². The Morgan fingerprint density at radius 1 is 0.970 bits per heavy atom. The van der Waals surface area contributed by atoms with Crippen LogP contribution in [0.4, 0.5) is 0 Å². The van der Waals surface area contributed by atoms with E-state index >= 15 is 0 Å². The van der Waals surface area contributed by atoms with Gasteiger partial charge in [-0.25, -0.2) is 9.59 Å². The number of likely N-dealkylation sites (tertiary alicyclic amines) is 1. The zero-order valence-electron chi connectivity index (χ0n) is 19.8. The van der Waals surface area contributed by atoms with Gasteiger partial charge >= 0.3 is 11.9 Å². The zero-order chi connectivity index (χ0) is 24.4. The van der Waals surface area contributed by atoms with Crippen LogP contribution >= 0.6 is 0 Å². The lowest BCUT2D eigenvalue weighted by atomic mass is 9.86. The molecule has 3 rings (SSSR count). The molecule has 2 fully saturated rings. The molecular formula is C25H36N2O6. The second-order valence-electron chi connectivity index (χ2n) is 9.45. The van der Waals surface area contributed by atoms with Crippen LogP contribution in [0.1, 0.15) is 44.7 Å². The van der Waals surface area contributed by atoms with Crippen molar-refractivity contribution in [2.75, 3.05) is 45.9 Å². The summed E-state index contributed by atoms with van der Waals surface area (Å²) >= 11 is 0. The number of nitrogens with zero attached hydrogens (tertiary/aromatic N) is 2. The standard InChI is InChI=1S/C23H34N2O2.C2H2O4/c1-23(2,3)21-8-6-19(7-9-21)4-5-20-10-12-25(13-11-20)22(26)18-24-14-16-27-17-15-24;3-1(4)2(5)6/h4-9,20H,10-18H2,1-3H3;(H,3,4)(H,5,6)/b5-4-;. The molecular weight excluding hydrogens is 424 g/mol. The number of carboxylic acid groups (broad SMARTS) is 2. The summed E-state index contributed by atoms with van der Waals surface area (Å²) in [4.78, 5) is 34.9. The molecule has 1 aromatic rings. The van der Waals surface area contributed by atoms with Gasteiger partial charge in [-0.15, -0.1) is 0 Å². The third-order valence-corrected chi connectivity index (χ3v) is 5.88. The van der Waals surface area contributed by atoms with Gasteiger partial charge in [0, 0.05) is 26.2 Å². The van der Waals surface area contributed by atoms with E-state index in [1.165, 1.54) is 11.1 Å². The first-order valence-corrected chi connectivity index (χ1v) is 11.4. The third kappa shape index (κ3) is 9.35. The van der Waals surface area contributed by atoms with E-state index in [9.17, 15) is 4.79 Å². The summed E-state index contributed by atoms with van der Waals surface area (Å²) in [7, 11) is 0. The van der Waals surface area contributed by atoms with Gasteiger partial charge in [0.1, 0.15) is 0 Å². The molecule has 0 radical (unpaired) electrons. The topological polar surface area (TPSA) is 107 Å². The number of carbonyl (C=O) groups excluding carboxylic acids is 1. The van der Waals surface area contributed by atoms with Gasteiger partial charge < -0.3 is 19.8 Å². The molecule has 0 spiro atoms. The molecule has 2 aliphatic heterocycles. The van der Waals surface area contributed by atoms with Crippen molar-refractivity contribution in [3.8, 4) is 0 Å². The smallest absolute Gasteiger partial charge is 0.414 e. The summed E-state index contributed by atoms with van der Waals surface area (Å²) in [5.74, 6) is -2.80. The number of hydrogen-bond acceptors (Lipinski definition) is 5. The molecule has 0 aromatic heterocycles. The number of ether oxygens (including phenoxy) is 1. The number of morpholine rings is 1. The first kappa shape index (κ1) is 26.5. The number of benzene rings is 1. The Morgan fingerprint density at radius 2 is 1.52 bits per heavy atom. The van der Waals surface area contributed by atoms with Crippen molar-refractivity contribution in [3.63, 3.8) is 0 Å². The van der Waals surface area contributed by atoms with Crippen LogP contribution in [0.3, 0.4) is 0 Å². The van der Waals surface area contributed by atoms with Crippen LogP contribution in [0.2, 0.25) is 0 Å². The highest BCUT2D eigenvalue weighted by molar-refractivity contribution is 6.27. The highest BCUT2D eigenvalue weighted by Gasteiger charge is 2.23. The second kappa shape index (κ2) is 12.5. The number of rotatable bonds is 4. The second-order valence-corrected chi connectivity index (χ2v) is 9.45. The monoisotopic (exact) mass is 460 g/mol. The summed E-state index contributed by atoms with van der Waals surface area (Å²) in [6, 6.07) is 8.87. The summed E-state index contributed by atoms with van der Waals surface area (Å²) in [6.45, 7) is 12.3. The fourth-order valence-corrected chi connectivity index (χ4v) is 3.73. The van der Waals surface area contributed by atoms with Crippen LogP contribution in [0.25, 0.3) is 6.08 Å². The molecule has 1 aromatic carbocycles. The molecule has 0 saturated carbocycles. The average molecular weight is 461 g/mol. The number of carbonyl (C=O) groups is 3. The normalized spacial score (nSPS) is 18.0. The molecule has 2 saturated heterocycles. The van der Waals surface area contributed by atoms with E-state index < -0.39 is 11.9 Å². The van der Waals surface area contributed by atoms with Crippen LogP contribution in [0, 0.1) is 5.92 Å². The predicted octanol–water partition coefficient (Wildman–Crippen LogP) is 2.72. The number of hydrogen-bond donors (Lipinski definition) is 2. The SMILES string of the molecule is CC(C)(C)c1ccc(/C=C\C2CCN(C(=O)CN3CCOCC3)CC2)cc1.O=C(O)C(=O)O. The van der Waals surface area contributed by atoms with E-state index in [0.717, 1.165) is 52.2 Å². The molecule has 0 aliphatic carbocycles. The molecule has 2 N–H and O–H groups in total. The zero-order valence-corrected chi connectivity index (χ0v) is 19.8. The Balaban J connectivity index is 0.000000569. The van der Waals surface area contributed by atoms with Crippen molar-refractivity contribution < 1.29 is 29.3 Å². The maximum Gasteiger partial charge on any atom is 0.414 e. The first-order chi connectivity index (χ1) is 15.6. The highest BCUT2D eigenvalue weighted by Crippen LogP contribution is 2.24. The molecule has 0 atom stereocenters. The predicted molar refractivity (Wildman–Crippen MR) is 126 cm³/mol. The number of allylic oxidation sites excluding steroid dienone is 1. The summed E-state index contributed by atoms with van der Waals surface area (Å²) in [5, 5.41) is 14.8. The van der Waals surface area contributed by atoms with Crippen LogP contribution in [-0.4, -0.2) is 83.8 Å². The Bertz CT molecular complexity index is 802. The number of aliphatic carboxylic acids is 2. The van der Waals surface area contributed by atoms with Crippen molar-refractivity contribution in [1.82, 2.24) is 9.80 Å². The van der Waals surface area contributed by atoms with Gasteiger partial charge in [-0.05, 0) is 35.3 Å². The van der Waals surface area contributed by atoms with E-state index in [1.807, 2.05) is 4.90 Å². The lowest BCUT2D eigenvalue weighted by Gasteiger charge is -2.33. The summed E-state index contributed by atoms with van der Waals surface area (Å²) in [6.07, 6.45) is 6.69. The minimum absolute atomic E-state index is 0.197. The van der Waals surface area contributed by atoms with E-state index in [1.54, 1.807) is 0 Å². The fraction of sp³-hybridized carbons (Fsp3) is 0.560. The van der Waals surface area contributed by atoms with E-state index in [2.05, 4.69) is 62.1 Å². The maximum atomic E-state index is 12.5. The summed E-state index contributed by atoms with van der Waals surface area (Å²) < 4.78 is 5.35. The minimum Gasteiger partial charge on any atom is -0.473 e. The molecule has 8 heteroatoms. The first-order valence-electron chi connectivity index (χ1n) is 11.4. The van der Waals surface area contributed by atoms with Crippen molar-refractivity contribution >= 4 is 23.9 Å². The van der Waals surface area contributed by atoms with E-state index in [-0.39, 0.29) is 11.3 Å².